The van der Waals surface area contributed by atoms with E-state index in [9.17, 15) is 13.6 Å². The summed E-state index contributed by atoms with van der Waals surface area (Å²) in [5.74, 6) is 0.281. The molecule has 0 bridgehead atoms. The number of carbonyl (C=O) groups is 1. The minimum absolute atomic E-state index is 0.0238. The molecule has 0 aliphatic rings. The summed E-state index contributed by atoms with van der Waals surface area (Å²) in [4.78, 5) is 12.2. The van der Waals surface area contributed by atoms with Gasteiger partial charge in [-0.05, 0) is 67.2 Å². The molecule has 0 atom stereocenters. The van der Waals surface area contributed by atoms with Crippen LogP contribution in [-0.2, 0) is 0 Å². The van der Waals surface area contributed by atoms with Gasteiger partial charge in [-0.15, -0.1) is 0 Å². The number of hydrogen-bond acceptors (Lipinski definition) is 4. The molecular formula is C20H22F2N2O3S. The van der Waals surface area contributed by atoms with Gasteiger partial charge in [0.2, 0.25) is 0 Å². The third-order valence-corrected chi connectivity index (χ3v) is 3.90. The molecule has 150 valence electrons. The van der Waals surface area contributed by atoms with Gasteiger partial charge in [0.15, 0.2) is 5.11 Å². The Labute approximate surface area is 168 Å². The summed E-state index contributed by atoms with van der Waals surface area (Å²) < 4.78 is 34.2. The van der Waals surface area contributed by atoms with Crippen molar-refractivity contribution in [2.45, 2.75) is 32.8 Å². The van der Waals surface area contributed by atoms with Crippen molar-refractivity contribution in [1.82, 2.24) is 5.32 Å². The van der Waals surface area contributed by atoms with Crippen LogP contribution in [0.5, 0.6) is 11.5 Å². The number of rotatable bonds is 9. The van der Waals surface area contributed by atoms with Crippen LogP contribution in [0, 0.1) is 0 Å². The van der Waals surface area contributed by atoms with Crippen molar-refractivity contribution in [3.05, 3.63) is 54.1 Å². The quantitative estimate of drug-likeness (QED) is 0.453. The first kappa shape index (κ1) is 21.6. The maximum atomic E-state index is 12.2. The Bertz CT molecular complexity index is 768. The molecule has 0 aromatic heterocycles. The van der Waals surface area contributed by atoms with Gasteiger partial charge in [0.05, 0.1) is 6.61 Å². The average Bonchev–Trinajstić information content (AvgIpc) is 2.66. The zero-order valence-electron chi connectivity index (χ0n) is 15.4. The van der Waals surface area contributed by atoms with Crippen LogP contribution in [0.1, 0.15) is 36.5 Å². The molecule has 0 heterocycles. The first-order valence-corrected chi connectivity index (χ1v) is 9.29. The molecular weight excluding hydrogens is 386 g/mol. The lowest BCUT2D eigenvalue weighted by molar-refractivity contribution is -0.0498. The van der Waals surface area contributed by atoms with Crippen molar-refractivity contribution in [3.8, 4) is 11.5 Å². The SMILES string of the molecule is CCCCCOc1ccc(NC(=S)NC(=O)c2ccc(OC(F)F)cc2)cc1. The summed E-state index contributed by atoms with van der Waals surface area (Å²) in [6.45, 7) is -0.0977. The fourth-order valence-corrected chi connectivity index (χ4v) is 2.51. The highest BCUT2D eigenvalue weighted by Crippen LogP contribution is 2.17. The Hall–Kier alpha value is -2.74. The van der Waals surface area contributed by atoms with E-state index in [2.05, 4.69) is 22.3 Å². The number of alkyl halides is 2. The minimum Gasteiger partial charge on any atom is -0.494 e. The molecule has 0 spiro atoms. The van der Waals surface area contributed by atoms with Crippen LogP contribution >= 0.6 is 12.2 Å². The van der Waals surface area contributed by atoms with Gasteiger partial charge in [0.25, 0.3) is 5.91 Å². The highest BCUT2D eigenvalue weighted by Gasteiger charge is 2.10. The average molecular weight is 408 g/mol. The molecule has 2 N–H and O–H groups in total. The van der Waals surface area contributed by atoms with Gasteiger partial charge in [-0.2, -0.15) is 8.78 Å². The van der Waals surface area contributed by atoms with Gasteiger partial charge in [0, 0.05) is 11.3 Å². The second-order valence-corrected chi connectivity index (χ2v) is 6.30. The van der Waals surface area contributed by atoms with E-state index in [1.807, 2.05) is 12.1 Å². The summed E-state index contributed by atoms with van der Waals surface area (Å²) in [6, 6.07) is 12.6. The van der Waals surface area contributed by atoms with E-state index in [1.165, 1.54) is 24.3 Å². The molecule has 28 heavy (non-hydrogen) atoms. The largest absolute Gasteiger partial charge is 0.494 e. The molecule has 2 aromatic carbocycles. The highest BCUT2D eigenvalue weighted by atomic mass is 32.1. The van der Waals surface area contributed by atoms with E-state index in [1.54, 1.807) is 12.1 Å². The van der Waals surface area contributed by atoms with Crippen molar-refractivity contribution in [3.63, 3.8) is 0 Å². The van der Waals surface area contributed by atoms with Crippen LogP contribution in [0.3, 0.4) is 0 Å². The Morgan fingerprint density at radius 2 is 1.68 bits per heavy atom. The predicted octanol–water partition coefficient (Wildman–Crippen LogP) is 4.98. The molecule has 0 fully saturated rings. The van der Waals surface area contributed by atoms with Gasteiger partial charge in [-0.25, -0.2) is 0 Å². The number of unbranched alkanes of at least 4 members (excludes halogenated alkanes) is 2. The first-order valence-electron chi connectivity index (χ1n) is 8.88. The number of nitrogens with one attached hydrogen (secondary N) is 2. The van der Waals surface area contributed by atoms with Crippen molar-refractivity contribution in [2.24, 2.45) is 0 Å². The van der Waals surface area contributed by atoms with Crippen LogP contribution in [0.25, 0.3) is 0 Å². The van der Waals surface area contributed by atoms with E-state index >= 15 is 0 Å². The van der Waals surface area contributed by atoms with Gasteiger partial charge in [-0.1, -0.05) is 19.8 Å². The third-order valence-electron chi connectivity index (χ3n) is 3.70. The van der Waals surface area contributed by atoms with E-state index in [0.717, 1.165) is 25.0 Å². The monoisotopic (exact) mass is 408 g/mol. The maximum absolute atomic E-state index is 12.2. The fraction of sp³-hybridized carbons (Fsp3) is 0.300. The standard InChI is InChI=1S/C20H22F2N2O3S/c1-2-3-4-13-26-16-11-7-15(8-12-16)23-20(28)24-18(25)14-5-9-17(10-6-14)27-19(21)22/h5-12,19H,2-4,13H2,1H3,(H2,23,24,25,28). The number of hydrogen-bond donors (Lipinski definition) is 2. The van der Waals surface area contributed by atoms with Crippen LogP contribution in [0.15, 0.2) is 48.5 Å². The number of anilines is 1. The predicted molar refractivity (Wildman–Crippen MR) is 108 cm³/mol. The van der Waals surface area contributed by atoms with Gasteiger partial charge >= 0.3 is 6.61 Å². The number of halogens is 2. The number of thiocarbonyl (C=S) groups is 1. The first-order chi connectivity index (χ1) is 13.5. The van der Waals surface area contributed by atoms with Crippen LogP contribution in [0.4, 0.5) is 14.5 Å². The number of amides is 1. The lowest BCUT2D eigenvalue weighted by Crippen LogP contribution is -2.34. The fourth-order valence-electron chi connectivity index (χ4n) is 2.30. The van der Waals surface area contributed by atoms with E-state index in [0.29, 0.717) is 12.3 Å². The van der Waals surface area contributed by atoms with Crippen molar-refractivity contribution in [2.75, 3.05) is 11.9 Å². The molecule has 8 heteroatoms. The molecule has 2 rings (SSSR count). The number of ether oxygens (including phenoxy) is 2. The van der Waals surface area contributed by atoms with E-state index < -0.39 is 12.5 Å². The smallest absolute Gasteiger partial charge is 0.387 e. The van der Waals surface area contributed by atoms with Gasteiger partial charge in [-0.3, -0.25) is 10.1 Å². The molecule has 0 radical (unpaired) electrons. The summed E-state index contributed by atoms with van der Waals surface area (Å²) in [6.07, 6.45) is 3.29. The lowest BCUT2D eigenvalue weighted by Gasteiger charge is -2.11. The molecule has 0 saturated heterocycles. The van der Waals surface area contributed by atoms with E-state index in [4.69, 9.17) is 17.0 Å². The zero-order valence-corrected chi connectivity index (χ0v) is 16.2. The Kier molecular flexibility index (Phi) is 8.61. The Morgan fingerprint density at radius 1 is 1.04 bits per heavy atom. The van der Waals surface area contributed by atoms with Crippen molar-refractivity contribution in [1.29, 1.82) is 0 Å². The van der Waals surface area contributed by atoms with Gasteiger partial charge < -0.3 is 14.8 Å². The van der Waals surface area contributed by atoms with Crippen LogP contribution < -0.4 is 20.1 Å². The van der Waals surface area contributed by atoms with Crippen LogP contribution in [0.2, 0.25) is 0 Å². The number of carbonyl (C=O) groups excluding carboxylic acids is 1. The molecule has 0 saturated carbocycles. The summed E-state index contributed by atoms with van der Waals surface area (Å²) in [5.41, 5.74) is 0.966. The summed E-state index contributed by atoms with van der Waals surface area (Å²) >= 11 is 5.13. The Balaban J connectivity index is 1.81. The molecule has 0 aliphatic heterocycles. The second-order valence-electron chi connectivity index (χ2n) is 5.89. The summed E-state index contributed by atoms with van der Waals surface area (Å²) in [7, 11) is 0. The lowest BCUT2D eigenvalue weighted by atomic mass is 10.2. The Morgan fingerprint density at radius 3 is 2.29 bits per heavy atom. The summed E-state index contributed by atoms with van der Waals surface area (Å²) in [5, 5.41) is 5.55. The van der Waals surface area contributed by atoms with E-state index in [-0.39, 0.29) is 16.4 Å². The van der Waals surface area contributed by atoms with Crippen molar-refractivity contribution >= 4 is 28.9 Å². The molecule has 2 aromatic rings. The van der Waals surface area contributed by atoms with Crippen molar-refractivity contribution < 1.29 is 23.0 Å². The maximum Gasteiger partial charge on any atom is 0.387 e. The highest BCUT2D eigenvalue weighted by molar-refractivity contribution is 7.80. The normalized spacial score (nSPS) is 10.4. The molecule has 5 nitrogen and oxygen atoms in total. The third kappa shape index (κ3) is 7.48. The van der Waals surface area contributed by atoms with Crippen LogP contribution in [-0.4, -0.2) is 24.2 Å². The topological polar surface area (TPSA) is 59.6 Å². The molecule has 1 amide bonds. The zero-order chi connectivity index (χ0) is 20.4. The van der Waals surface area contributed by atoms with Gasteiger partial charge in [0.1, 0.15) is 11.5 Å². The number of benzene rings is 2. The molecule has 0 unspecified atom stereocenters. The minimum atomic E-state index is -2.91. The second kappa shape index (κ2) is 11.2. The molecule has 0 aliphatic carbocycles.